The Kier molecular flexibility index (Phi) is 5.76. The maximum Gasteiger partial charge on any atom is 0.227 e. The zero-order chi connectivity index (χ0) is 19.3. The highest BCUT2D eigenvalue weighted by Crippen LogP contribution is 2.35. The molecule has 2 aromatic carbocycles. The minimum absolute atomic E-state index is 0.0127. The van der Waals surface area contributed by atoms with Crippen LogP contribution in [0, 0.1) is 0 Å². The maximum absolute atomic E-state index is 12.4. The summed E-state index contributed by atoms with van der Waals surface area (Å²) >= 11 is 1.85. The summed E-state index contributed by atoms with van der Waals surface area (Å²) in [7, 11) is 0. The SMILES string of the molecule is CCc1ccc(-c2noc(CCC(=O)NC3CCSc4ccccc43)n2)cc1. The van der Waals surface area contributed by atoms with Gasteiger partial charge < -0.3 is 9.84 Å². The van der Waals surface area contributed by atoms with Crippen molar-refractivity contribution in [2.75, 3.05) is 5.75 Å². The van der Waals surface area contributed by atoms with Gasteiger partial charge in [0.2, 0.25) is 17.6 Å². The van der Waals surface area contributed by atoms with Crippen LogP contribution in [-0.2, 0) is 17.6 Å². The zero-order valence-corrected chi connectivity index (χ0v) is 16.7. The Bertz CT molecular complexity index is 952. The summed E-state index contributed by atoms with van der Waals surface area (Å²) in [6, 6.07) is 16.5. The number of nitrogens with one attached hydrogen (secondary N) is 1. The van der Waals surface area contributed by atoms with E-state index in [4.69, 9.17) is 4.52 Å². The average Bonchev–Trinajstić information content (AvgIpc) is 3.22. The second-order valence-corrected chi connectivity index (χ2v) is 7.99. The van der Waals surface area contributed by atoms with E-state index >= 15 is 0 Å². The van der Waals surface area contributed by atoms with Crippen LogP contribution in [0.2, 0.25) is 0 Å². The van der Waals surface area contributed by atoms with Crippen molar-refractivity contribution in [3.05, 3.63) is 65.5 Å². The first-order chi connectivity index (χ1) is 13.7. The Balaban J connectivity index is 1.34. The number of fused-ring (bicyclic) bond motifs is 1. The summed E-state index contributed by atoms with van der Waals surface area (Å²) in [6.07, 6.45) is 2.72. The van der Waals surface area contributed by atoms with E-state index in [1.807, 2.05) is 36.0 Å². The summed E-state index contributed by atoms with van der Waals surface area (Å²) < 4.78 is 5.33. The number of carbonyl (C=O) groups excluding carboxylic acids is 1. The summed E-state index contributed by atoms with van der Waals surface area (Å²) in [5.74, 6) is 2.09. The van der Waals surface area contributed by atoms with Crippen molar-refractivity contribution in [1.82, 2.24) is 15.5 Å². The molecule has 0 radical (unpaired) electrons. The molecule has 2 heterocycles. The maximum atomic E-state index is 12.4. The highest BCUT2D eigenvalue weighted by atomic mass is 32.2. The molecule has 1 aromatic heterocycles. The third kappa shape index (κ3) is 4.28. The standard InChI is InChI=1S/C22H23N3O2S/c1-2-15-7-9-16(10-8-15)22-24-21(27-25-22)12-11-20(26)23-18-13-14-28-19-6-4-3-5-17(18)19/h3-10,18H,2,11-14H2,1H3,(H,23,26). The molecule has 1 atom stereocenters. The van der Waals surface area contributed by atoms with Crippen molar-refractivity contribution in [3.8, 4) is 11.4 Å². The lowest BCUT2D eigenvalue weighted by Gasteiger charge is -2.25. The lowest BCUT2D eigenvalue weighted by atomic mass is 10.0. The van der Waals surface area contributed by atoms with E-state index in [0.717, 1.165) is 24.2 Å². The third-order valence-corrected chi connectivity index (χ3v) is 6.07. The number of aryl methyl sites for hydroxylation is 2. The molecule has 0 saturated heterocycles. The van der Waals surface area contributed by atoms with E-state index < -0.39 is 0 Å². The highest BCUT2D eigenvalue weighted by Gasteiger charge is 2.22. The van der Waals surface area contributed by atoms with Crippen LogP contribution in [0.25, 0.3) is 11.4 Å². The van der Waals surface area contributed by atoms with Gasteiger partial charge in [-0.25, -0.2) is 0 Å². The van der Waals surface area contributed by atoms with E-state index in [1.165, 1.54) is 16.0 Å². The van der Waals surface area contributed by atoms with Gasteiger partial charge in [0.15, 0.2) is 0 Å². The molecule has 3 aromatic rings. The Morgan fingerprint density at radius 3 is 2.86 bits per heavy atom. The number of carbonyl (C=O) groups is 1. The van der Waals surface area contributed by atoms with Crippen molar-refractivity contribution in [2.24, 2.45) is 0 Å². The normalized spacial score (nSPS) is 15.8. The fourth-order valence-corrected chi connectivity index (χ4v) is 4.47. The fourth-order valence-electron chi connectivity index (χ4n) is 3.34. The number of aromatic nitrogens is 2. The number of thioether (sulfide) groups is 1. The molecule has 0 saturated carbocycles. The van der Waals surface area contributed by atoms with Gasteiger partial charge in [0.1, 0.15) is 0 Å². The van der Waals surface area contributed by atoms with E-state index in [-0.39, 0.29) is 11.9 Å². The van der Waals surface area contributed by atoms with E-state index in [2.05, 4.69) is 46.6 Å². The quantitative estimate of drug-likeness (QED) is 0.664. The second kappa shape index (κ2) is 8.61. The molecule has 1 aliphatic rings. The van der Waals surface area contributed by atoms with Crippen LogP contribution in [0.5, 0.6) is 0 Å². The van der Waals surface area contributed by atoms with Crippen LogP contribution in [0.4, 0.5) is 0 Å². The predicted octanol–water partition coefficient (Wildman–Crippen LogP) is 4.58. The zero-order valence-electron chi connectivity index (χ0n) is 15.9. The number of amides is 1. The van der Waals surface area contributed by atoms with Gasteiger partial charge in [-0.3, -0.25) is 4.79 Å². The van der Waals surface area contributed by atoms with Crippen LogP contribution in [-0.4, -0.2) is 21.8 Å². The van der Waals surface area contributed by atoms with Crippen LogP contribution in [0.15, 0.2) is 57.9 Å². The van der Waals surface area contributed by atoms with Gasteiger partial charge in [-0.1, -0.05) is 54.5 Å². The molecule has 144 valence electrons. The number of hydrogen-bond acceptors (Lipinski definition) is 5. The topological polar surface area (TPSA) is 68.0 Å². The van der Waals surface area contributed by atoms with Crippen molar-refractivity contribution in [3.63, 3.8) is 0 Å². The molecule has 0 aliphatic carbocycles. The van der Waals surface area contributed by atoms with Crippen LogP contribution in [0.3, 0.4) is 0 Å². The Morgan fingerprint density at radius 1 is 1.21 bits per heavy atom. The summed E-state index contributed by atoms with van der Waals surface area (Å²) in [6.45, 7) is 2.12. The molecule has 6 heteroatoms. The molecule has 0 fully saturated rings. The molecule has 4 rings (SSSR count). The van der Waals surface area contributed by atoms with Gasteiger partial charge in [-0.15, -0.1) is 11.8 Å². The molecule has 1 amide bonds. The summed E-state index contributed by atoms with van der Waals surface area (Å²) in [5.41, 5.74) is 3.41. The third-order valence-electron chi connectivity index (χ3n) is 4.95. The monoisotopic (exact) mass is 393 g/mol. The van der Waals surface area contributed by atoms with Crippen molar-refractivity contribution in [1.29, 1.82) is 0 Å². The number of benzene rings is 2. The molecule has 28 heavy (non-hydrogen) atoms. The molecular formula is C22H23N3O2S. The Labute approximate surface area is 168 Å². The molecular weight excluding hydrogens is 370 g/mol. The Morgan fingerprint density at radius 2 is 2.04 bits per heavy atom. The molecule has 1 unspecified atom stereocenters. The first kappa shape index (κ1) is 18.7. The largest absolute Gasteiger partial charge is 0.349 e. The van der Waals surface area contributed by atoms with E-state index in [9.17, 15) is 4.79 Å². The number of nitrogens with zero attached hydrogens (tertiary/aromatic N) is 2. The minimum Gasteiger partial charge on any atom is -0.349 e. The van der Waals surface area contributed by atoms with Gasteiger partial charge in [-0.2, -0.15) is 4.98 Å². The first-order valence-corrected chi connectivity index (χ1v) is 10.6. The van der Waals surface area contributed by atoms with Crippen LogP contribution < -0.4 is 5.32 Å². The lowest BCUT2D eigenvalue weighted by molar-refractivity contribution is -0.121. The van der Waals surface area contributed by atoms with Gasteiger partial charge >= 0.3 is 0 Å². The van der Waals surface area contributed by atoms with Gasteiger partial charge in [0.05, 0.1) is 6.04 Å². The molecule has 0 bridgehead atoms. The number of hydrogen-bond donors (Lipinski definition) is 1. The minimum atomic E-state index is 0.0127. The van der Waals surface area contributed by atoms with E-state index in [1.54, 1.807) is 0 Å². The molecule has 1 N–H and O–H groups in total. The van der Waals surface area contributed by atoms with Gasteiger partial charge in [0, 0.05) is 29.1 Å². The first-order valence-electron chi connectivity index (χ1n) is 9.66. The van der Waals surface area contributed by atoms with Crippen LogP contribution >= 0.6 is 11.8 Å². The average molecular weight is 394 g/mol. The Hall–Kier alpha value is -2.60. The summed E-state index contributed by atoms with van der Waals surface area (Å²) in [4.78, 5) is 18.1. The fraction of sp³-hybridized carbons (Fsp3) is 0.318. The molecule has 0 spiro atoms. The van der Waals surface area contributed by atoms with Gasteiger partial charge in [-0.05, 0) is 30.0 Å². The predicted molar refractivity (Wildman–Crippen MR) is 110 cm³/mol. The van der Waals surface area contributed by atoms with E-state index in [0.29, 0.717) is 24.6 Å². The van der Waals surface area contributed by atoms with Crippen LogP contribution in [0.1, 0.15) is 42.8 Å². The highest BCUT2D eigenvalue weighted by molar-refractivity contribution is 7.99. The molecule has 5 nitrogen and oxygen atoms in total. The van der Waals surface area contributed by atoms with Gasteiger partial charge in [0.25, 0.3) is 0 Å². The summed E-state index contributed by atoms with van der Waals surface area (Å²) in [5, 5.41) is 7.20. The van der Waals surface area contributed by atoms with Crippen molar-refractivity contribution in [2.45, 2.75) is 43.5 Å². The second-order valence-electron chi connectivity index (χ2n) is 6.86. The van der Waals surface area contributed by atoms with Crippen molar-refractivity contribution >= 4 is 17.7 Å². The van der Waals surface area contributed by atoms with Crippen molar-refractivity contribution < 1.29 is 9.32 Å². The number of rotatable bonds is 6. The smallest absolute Gasteiger partial charge is 0.227 e. The lowest BCUT2D eigenvalue weighted by Crippen LogP contribution is -2.30. The molecule has 1 aliphatic heterocycles.